The predicted molar refractivity (Wildman–Crippen MR) is 150 cm³/mol. The van der Waals surface area contributed by atoms with Gasteiger partial charge in [-0.05, 0) is 62.7 Å². The van der Waals surface area contributed by atoms with Crippen LogP contribution in [0.3, 0.4) is 0 Å². The molecule has 0 heterocycles. The number of sulfonamides is 1. The Kier molecular flexibility index (Phi) is 10.1. The van der Waals surface area contributed by atoms with Gasteiger partial charge < -0.3 is 19.7 Å². The molecule has 214 valence electrons. The monoisotopic (exact) mass is 571 g/mol. The van der Waals surface area contributed by atoms with Crippen molar-refractivity contribution in [2.24, 2.45) is 0 Å². The van der Waals surface area contributed by atoms with Crippen molar-refractivity contribution in [3.8, 4) is 11.5 Å². The van der Waals surface area contributed by atoms with Gasteiger partial charge in [-0.2, -0.15) is 0 Å². The third kappa shape index (κ3) is 7.29. The number of nitrogens with one attached hydrogen (secondary N) is 1. The maximum atomic E-state index is 13.9. The summed E-state index contributed by atoms with van der Waals surface area (Å²) in [6.07, 6.45) is 0. The van der Waals surface area contributed by atoms with Crippen LogP contribution in [0.4, 0.5) is 10.1 Å². The van der Waals surface area contributed by atoms with E-state index in [2.05, 4.69) is 5.32 Å². The summed E-state index contributed by atoms with van der Waals surface area (Å²) < 4.78 is 52.9. The minimum Gasteiger partial charge on any atom is -0.493 e. The van der Waals surface area contributed by atoms with E-state index in [4.69, 9.17) is 9.47 Å². The summed E-state index contributed by atoms with van der Waals surface area (Å²) >= 11 is 0. The normalized spacial score (nSPS) is 12.0. The maximum absolute atomic E-state index is 13.9. The summed E-state index contributed by atoms with van der Waals surface area (Å²) in [5, 5.41) is 2.79. The predicted octanol–water partition coefficient (Wildman–Crippen LogP) is 3.98. The van der Waals surface area contributed by atoms with Gasteiger partial charge in [-0.3, -0.25) is 13.9 Å². The van der Waals surface area contributed by atoms with Crippen molar-refractivity contribution < 1.29 is 31.9 Å². The quantitative estimate of drug-likeness (QED) is 0.353. The van der Waals surface area contributed by atoms with Gasteiger partial charge in [0, 0.05) is 18.7 Å². The van der Waals surface area contributed by atoms with E-state index >= 15 is 0 Å². The highest BCUT2D eigenvalue weighted by Gasteiger charge is 2.33. The number of halogens is 1. The fourth-order valence-corrected chi connectivity index (χ4v) is 5.43. The number of nitrogens with zero attached hydrogens (tertiary/aromatic N) is 2. The number of amides is 2. The van der Waals surface area contributed by atoms with Gasteiger partial charge in [0.15, 0.2) is 11.5 Å². The van der Waals surface area contributed by atoms with Crippen LogP contribution in [0.1, 0.15) is 26.3 Å². The Morgan fingerprint density at radius 2 is 1.52 bits per heavy atom. The van der Waals surface area contributed by atoms with Crippen molar-refractivity contribution in [1.82, 2.24) is 10.2 Å². The van der Waals surface area contributed by atoms with E-state index in [0.29, 0.717) is 11.3 Å². The second kappa shape index (κ2) is 13.3. The van der Waals surface area contributed by atoms with Crippen LogP contribution in [0.25, 0.3) is 0 Å². The van der Waals surface area contributed by atoms with Gasteiger partial charge in [0.05, 0.1) is 24.8 Å². The Morgan fingerprint density at radius 3 is 2.10 bits per heavy atom. The van der Waals surface area contributed by atoms with E-state index in [0.717, 1.165) is 4.31 Å². The minimum absolute atomic E-state index is 0.0201. The van der Waals surface area contributed by atoms with E-state index in [9.17, 15) is 22.4 Å². The van der Waals surface area contributed by atoms with Crippen LogP contribution in [0, 0.1) is 5.82 Å². The molecule has 1 unspecified atom stereocenters. The van der Waals surface area contributed by atoms with E-state index in [1.54, 1.807) is 45.0 Å². The number of carbonyl (C=O) groups excluding carboxylic acids is 2. The molecular weight excluding hydrogens is 537 g/mol. The molecule has 0 aliphatic heterocycles. The van der Waals surface area contributed by atoms with Gasteiger partial charge in [0.2, 0.25) is 11.8 Å². The molecule has 0 saturated heterocycles. The summed E-state index contributed by atoms with van der Waals surface area (Å²) in [6.45, 7) is 4.49. The van der Waals surface area contributed by atoms with Crippen molar-refractivity contribution in [2.75, 3.05) is 25.1 Å². The van der Waals surface area contributed by atoms with E-state index in [1.165, 1.54) is 67.7 Å². The highest BCUT2D eigenvalue weighted by atomic mass is 32.2. The van der Waals surface area contributed by atoms with Gasteiger partial charge in [0.1, 0.15) is 18.4 Å². The molecule has 1 N–H and O–H groups in total. The van der Waals surface area contributed by atoms with Crippen LogP contribution in [0.15, 0.2) is 77.7 Å². The SMILES string of the molecule is COc1ccc(N(CC(=O)N(Cc2ccc(F)cc2)C(C)C(=O)NC(C)C)S(=O)(=O)c2ccccc2)cc1OC. The van der Waals surface area contributed by atoms with Crippen molar-refractivity contribution in [3.63, 3.8) is 0 Å². The molecule has 0 saturated carbocycles. The summed E-state index contributed by atoms with van der Waals surface area (Å²) in [5.41, 5.74) is 0.735. The van der Waals surface area contributed by atoms with E-state index in [1.807, 2.05) is 0 Å². The number of ether oxygens (including phenoxy) is 2. The van der Waals surface area contributed by atoms with Crippen LogP contribution in [0.5, 0.6) is 11.5 Å². The Bertz CT molecular complexity index is 1420. The Labute approximate surface area is 234 Å². The molecule has 0 fully saturated rings. The molecule has 0 aliphatic rings. The summed E-state index contributed by atoms with van der Waals surface area (Å²) in [5.74, 6) is -0.833. The van der Waals surface area contributed by atoms with Crippen LogP contribution in [0.2, 0.25) is 0 Å². The van der Waals surface area contributed by atoms with E-state index < -0.39 is 40.2 Å². The van der Waals surface area contributed by atoms with Crippen molar-refractivity contribution in [1.29, 1.82) is 0 Å². The molecule has 3 aromatic carbocycles. The number of benzene rings is 3. The first-order valence-corrected chi connectivity index (χ1v) is 14.1. The first-order chi connectivity index (χ1) is 19.0. The Hall–Kier alpha value is -4.12. The van der Waals surface area contributed by atoms with Gasteiger partial charge in [-0.1, -0.05) is 30.3 Å². The van der Waals surface area contributed by atoms with Crippen molar-refractivity contribution in [2.45, 2.75) is 44.3 Å². The fourth-order valence-electron chi connectivity index (χ4n) is 4.00. The number of hydrogen-bond donors (Lipinski definition) is 1. The van der Waals surface area contributed by atoms with Gasteiger partial charge in [-0.25, -0.2) is 12.8 Å². The maximum Gasteiger partial charge on any atom is 0.264 e. The molecule has 0 aliphatic carbocycles. The fraction of sp³-hybridized carbons (Fsp3) is 0.310. The molecule has 3 aromatic rings. The molecule has 40 heavy (non-hydrogen) atoms. The smallest absolute Gasteiger partial charge is 0.264 e. The first-order valence-electron chi connectivity index (χ1n) is 12.6. The lowest BCUT2D eigenvalue weighted by Crippen LogP contribution is -2.52. The average Bonchev–Trinajstić information content (AvgIpc) is 2.94. The number of methoxy groups -OCH3 is 2. The van der Waals surface area contributed by atoms with Gasteiger partial charge in [0.25, 0.3) is 10.0 Å². The lowest BCUT2D eigenvalue weighted by atomic mass is 10.1. The molecule has 0 radical (unpaired) electrons. The topological polar surface area (TPSA) is 105 Å². The number of rotatable bonds is 12. The molecule has 0 aromatic heterocycles. The zero-order valence-electron chi connectivity index (χ0n) is 23.1. The van der Waals surface area contributed by atoms with E-state index in [-0.39, 0.29) is 28.9 Å². The van der Waals surface area contributed by atoms with Crippen molar-refractivity contribution >= 4 is 27.5 Å². The van der Waals surface area contributed by atoms with Crippen LogP contribution < -0.4 is 19.1 Å². The standard InChI is InChI=1S/C29H34FN3O6S/c1-20(2)31-29(35)21(3)32(18-22-11-13-23(30)14-12-22)28(34)19-33(40(36,37)25-9-7-6-8-10-25)24-15-16-26(38-4)27(17-24)39-5/h6-17,20-21H,18-19H2,1-5H3,(H,31,35). The molecule has 11 heteroatoms. The largest absolute Gasteiger partial charge is 0.493 e. The third-order valence-corrected chi connectivity index (χ3v) is 7.92. The molecule has 0 spiro atoms. The second-order valence-electron chi connectivity index (χ2n) is 9.35. The molecule has 2 amide bonds. The number of carbonyl (C=O) groups is 2. The highest BCUT2D eigenvalue weighted by molar-refractivity contribution is 7.92. The highest BCUT2D eigenvalue weighted by Crippen LogP contribution is 2.34. The van der Waals surface area contributed by atoms with Gasteiger partial charge >= 0.3 is 0 Å². The molecule has 9 nitrogen and oxygen atoms in total. The zero-order valence-corrected chi connectivity index (χ0v) is 23.9. The van der Waals surface area contributed by atoms with Crippen LogP contribution in [-0.2, 0) is 26.2 Å². The molecule has 1 atom stereocenters. The summed E-state index contributed by atoms with van der Waals surface area (Å²) in [4.78, 5) is 28.1. The second-order valence-corrected chi connectivity index (χ2v) is 11.2. The molecule has 3 rings (SSSR count). The van der Waals surface area contributed by atoms with Gasteiger partial charge in [-0.15, -0.1) is 0 Å². The molecular formula is C29H34FN3O6S. The summed E-state index contributed by atoms with van der Waals surface area (Å²) in [6, 6.07) is 16.6. The zero-order chi connectivity index (χ0) is 29.4. The number of anilines is 1. The van der Waals surface area contributed by atoms with Crippen molar-refractivity contribution in [3.05, 3.63) is 84.2 Å². The Balaban J connectivity index is 2.07. The Morgan fingerprint density at radius 1 is 0.900 bits per heavy atom. The first kappa shape index (κ1) is 30.4. The number of hydrogen-bond acceptors (Lipinski definition) is 6. The minimum atomic E-state index is -4.23. The molecule has 0 bridgehead atoms. The summed E-state index contributed by atoms with van der Waals surface area (Å²) in [7, 11) is -1.36. The third-order valence-electron chi connectivity index (χ3n) is 6.13. The average molecular weight is 572 g/mol. The lowest BCUT2D eigenvalue weighted by molar-refractivity contribution is -0.139. The lowest BCUT2D eigenvalue weighted by Gasteiger charge is -2.32. The van der Waals surface area contributed by atoms with Crippen LogP contribution in [-0.4, -0.2) is 58.0 Å². The van der Waals surface area contributed by atoms with Crippen LogP contribution >= 0.6 is 0 Å².